The zero-order chi connectivity index (χ0) is 19.1. The molecule has 1 aliphatic rings. The second-order valence-corrected chi connectivity index (χ2v) is 7.33. The molecule has 2 amide bonds. The Labute approximate surface area is 155 Å². The first-order valence-corrected chi connectivity index (χ1v) is 9.37. The number of likely N-dealkylation sites (N-methyl/N-ethyl adjacent to an activating group) is 1. The van der Waals surface area contributed by atoms with Crippen LogP contribution in [0.15, 0.2) is 24.3 Å². The number of likely N-dealkylation sites (tertiary alicyclic amines) is 1. The Morgan fingerprint density at radius 2 is 1.92 bits per heavy atom. The highest BCUT2D eigenvalue weighted by Crippen LogP contribution is 2.29. The highest BCUT2D eigenvalue weighted by Gasteiger charge is 2.32. The summed E-state index contributed by atoms with van der Waals surface area (Å²) in [7, 11) is 3.96. The van der Waals surface area contributed by atoms with Gasteiger partial charge in [-0.2, -0.15) is 0 Å². The van der Waals surface area contributed by atoms with E-state index in [1.54, 1.807) is 0 Å². The summed E-state index contributed by atoms with van der Waals surface area (Å²) in [4.78, 5) is 28.7. The van der Waals surface area contributed by atoms with Crippen LogP contribution < -0.4 is 5.32 Å². The fourth-order valence-corrected chi connectivity index (χ4v) is 3.50. The second-order valence-electron chi connectivity index (χ2n) is 7.33. The first-order chi connectivity index (χ1) is 12.4. The number of benzene rings is 1. The lowest BCUT2D eigenvalue weighted by Gasteiger charge is -2.38. The summed E-state index contributed by atoms with van der Waals surface area (Å²) in [5, 5.41) is 2.97. The van der Waals surface area contributed by atoms with Crippen LogP contribution in [0.3, 0.4) is 0 Å². The molecule has 0 radical (unpaired) electrons. The summed E-state index contributed by atoms with van der Waals surface area (Å²) < 4.78 is 13.0. The van der Waals surface area contributed by atoms with E-state index in [0.29, 0.717) is 43.5 Å². The van der Waals surface area contributed by atoms with Gasteiger partial charge in [0.1, 0.15) is 5.82 Å². The molecular formula is C20H30FN3O2. The maximum atomic E-state index is 13.0. The van der Waals surface area contributed by atoms with Crippen molar-refractivity contribution in [2.75, 3.05) is 40.3 Å². The Kier molecular flexibility index (Phi) is 7.57. The number of rotatable bonds is 7. The van der Waals surface area contributed by atoms with E-state index >= 15 is 0 Å². The molecule has 1 aromatic carbocycles. The molecule has 2 rings (SSSR count). The van der Waals surface area contributed by atoms with Crippen LogP contribution in [-0.4, -0.2) is 61.9 Å². The standard InChI is InChI=1S/C20H30FN3O2/c1-4-15-14-24(20(26)16-5-7-18(21)8-6-16)11-9-17(15)13-19(25)22-10-12-23(2)3/h5-8,15,17H,4,9-14H2,1-3H3,(H,22,25). The molecule has 5 nitrogen and oxygen atoms in total. The van der Waals surface area contributed by atoms with Crippen molar-refractivity contribution in [3.8, 4) is 0 Å². The Morgan fingerprint density at radius 3 is 2.54 bits per heavy atom. The molecule has 0 aliphatic carbocycles. The van der Waals surface area contributed by atoms with Crippen LogP contribution in [0.2, 0.25) is 0 Å². The molecule has 0 saturated carbocycles. The van der Waals surface area contributed by atoms with Crippen molar-refractivity contribution in [3.63, 3.8) is 0 Å². The smallest absolute Gasteiger partial charge is 0.253 e. The molecule has 1 heterocycles. The molecule has 1 fully saturated rings. The van der Waals surface area contributed by atoms with Crippen LogP contribution in [0.25, 0.3) is 0 Å². The number of carbonyl (C=O) groups is 2. The van der Waals surface area contributed by atoms with E-state index in [1.807, 2.05) is 23.9 Å². The van der Waals surface area contributed by atoms with Crippen LogP contribution in [0.1, 0.15) is 36.5 Å². The first-order valence-electron chi connectivity index (χ1n) is 9.37. The molecule has 144 valence electrons. The molecule has 0 bridgehead atoms. The SMILES string of the molecule is CCC1CN(C(=O)c2ccc(F)cc2)CCC1CC(=O)NCCN(C)C. The van der Waals surface area contributed by atoms with Gasteiger partial charge in [0.2, 0.25) is 5.91 Å². The van der Waals surface area contributed by atoms with Gasteiger partial charge in [-0.15, -0.1) is 0 Å². The van der Waals surface area contributed by atoms with Crippen molar-refractivity contribution in [2.24, 2.45) is 11.8 Å². The van der Waals surface area contributed by atoms with Crippen molar-refractivity contribution in [1.29, 1.82) is 0 Å². The number of nitrogens with one attached hydrogen (secondary N) is 1. The van der Waals surface area contributed by atoms with Gasteiger partial charge in [0.25, 0.3) is 5.91 Å². The number of nitrogens with zero attached hydrogens (tertiary/aromatic N) is 2. The molecule has 0 spiro atoms. The third-order valence-corrected chi connectivity index (χ3v) is 5.12. The quantitative estimate of drug-likeness (QED) is 0.809. The third-order valence-electron chi connectivity index (χ3n) is 5.12. The van der Waals surface area contributed by atoms with E-state index in [1.165, 1.54) is 24.3 Å². The summed E-state index contributed by atoms with van der Waals surface area (Å²) >= 11 is 0. The predicted molar refractivity (Wildman–Crippen MR) is 100 cm³/mol. The molecule has 1 saturated heterocycles. The van der Waals surface area contributed by atoms with Crippen LogP contribution in [-0.2, 0) is 4.79 Å². The van der Waals surface area contributed by atoms with E-state index < -0.39 is 0 Å². The van der Waals surface area contributed by atoms with Gasteiger partial charge in [-0.1, -0.05) is 13.3 Å². The maximum absolute atomic E-state index is 13.0. The fourth-order valence-electron chi connectivity index (χ4n) is 3.50. The lowest BCUT2D eigenvalue weighted by atomic mass is 9.81. The van der Waals surface area contributed by atoms with Crippen LogP contribution in [0.5, 0.6) is 0 Å². The van der Waals surface area contributed by atoms with E-state index in [-0.39, 0.29) is 17.6 Å². The van der Waals surface area contributed by atoms with Crippen LogP contribution in [0, 0.1) is 17.7 Å². The highest BCUT2D eigenvalue weighted by atomic mass is 19.1. The van der Waals surface area contributed by atoms with E-state index in [2.05, 4.69) is 12.2 Å². The summed E-state index contributed by atoms with van der Waals surface area (Å²) in [6.07, 6.45) is 2.28. The summed E-state index contributed by atoms with van der Waals surface area (Å²) in [5.74, 6) is 0.308. The van der Waals surface area contributed by atoms with Crippen molar-refractivity contribution in [3.05, 3.63) is 35.6 Å². The third kappa shape index (κ3) is 5.80. The normalized spacial score (nSPS) is 20.3. The molecular weight excluding hydrogens is 333 g/mol. The highest BCUT2D eigenvalue weighted by molar-refractivity contribution is 5.94. The molecule has 2 atom stereocenters. The molecule has 2 unspecified atom stereocenters. The van der Waals surface area contributed by atoms with Gasteiger partial charge in [-0.25, -0.2) is 4.39 Å². The number of amides is 2. The van der Waals surface area contributed by atoms with E-state index in [0.717, 1.165) is 19.4 Å². The average Bonchev–Trinajstić information content (AvgIpc) is 2.61. The minimum Gasteiger partial charge on any atom is -0.355 e. The summed E-state index contributed by atoms with van der Waals surface area (Å²) in [6.45, 7) is 4.89. The van der Waals surface area contributed by atoms with Gasteiger partial charge in [0.15, 0.2) is 0 Å². The first kappa shape index (κ1) is 20.4. The predicted octanol–water partition coefficient (Wildman–Crippen LogP) is 2.38. The average molecular weight is 363 g/mol. The van der Waals surface area contributed by atoms with Gasteiger partial charge in [0.05, 0.1) is 0 Å². The largest absolute Gasteiger partial charge is 0.355 e. The maximum Gasteiger partial charge on any atom is 0.253 e. The van der Waals surface area contributed by atoms with E-state index in [9.17, 15) is 14.0 Å². The molecule has 26 heavy (non-hydrogen) atoms. The zero-order valence-corrected chi connectivity index (χ0v) is 16.0. The Bertz CT molecular complexity index is 604. The number of hydrogen-bond donors (Lipinski definition) is 1. The van der Waals surface area contributed by atoms with Crippen molar-refractivity contribution < 1.29 is 14.0 Å². The van der Waals surface area contributed by atoms with Crippen molar-refractivity contribution >= 4 is 11.8 Å². The minimum absolute atomic E-state index is 0.0580. The molecule has 0 aromatic heterocycles. The Hall–Kier alpha value is -1.95. The van der Waals surface area contributed by atoms with E-state index in [4.69, 9.17) is 0 Å². The van der Waals surface area contributed by atoms with Gasteiger partial charge < -0.3 is 15.1 Å². The fraction of sp³-hybridized carbons (Fsp3) is 0.600. The van der Waals surface area contributed by atoms with Gasteiger partial charge in [0, 0.05) is 38.2 Å². The summed E-state index contributed by atoms with van der Waals surface area (Å²) in [5.41, 5.74) is 0.515. The second kappa shape index (κ2) is 9.67. The lowest BCUT2D eigenvalue weighted by Crippen LogP contribution is -2.45. The number of carbonyl (C=O) groups excluding carboxylic acids is 2. The lowest BCUT2D eigenvalue weighted by molar-refractivity contribution is -0.122. The molecule has 1 aromatic rings. The monoisotopic (exact) mass is 363 g/mol. The summed E-state index contributed by atoms with van der Waals surface area (Å²) in [6, 6.07) is 5.69. The number of piperidine rings is 1. The molecule has 6 heteroatoms. The molecule has 1 aliphatic heterocycles. The number of hydrogen-bond acceptors (Lipinski definition) is 3. The number of halogens is 1. The van der Waals surface area contributed by atoms with Crippen molar-refractivity contribution in [1.82, 2.24) is 15.1 Å². The van der Waals surface area contributed by atoms with Gasteiger partial charge in [-0.3, -0.25) is 9.59 Å². The van der Waals surface area contributed by atoms with Crippen LogP contribution >= 0.6 is 0 Å². The van der Waals surface area contributed by atoms with Crippen molar-refractivity contribution in [2.45, 2.75) is 26.2 Å². The minimum atomic E-state index is -0.341. The Morgan fingerprint density at radius 1 is 1.23 bits per heavy atom. The van der Waals surface area contributed by atoms with Gasteiger partial charge >= 0.3 is 0 Å². The van der Waals surface area contributed by atoms with Crippen LogP contribution in [0.4, 0.5) is 4.39 Å². The molecule has 1 N–H and O–H groups in total. The van der Waals surface area contributed by atoms with Gasteiger partial charge in [-0.05, 0) is 56.6 Å². The topological polar surface area (TPSA) is 52.7 Å². The Balaban J connectivity index is 1.88. The zero-order valence-electron chi connectivity index (χ0n) is 16.0.